The molecule has 2 amide bonds. The van der Waals surface area contributed by atoms with Gasteiger partial charge in [0.05, 0.1) is 11.7 Å². The number of oxazole rings is 1. The second-order valence-corrected chi connectivity index (χ2v) is 6.95. The van der Waals surface area contributed by atoms with E-state index in [1.807, 2.05) is 11.8 Å². The third kappa shape index (κ3) is 3.77. The lowest BCUT2D eigenvalue weighted by Gasteiger charge is -2.23. The minimum atomic E-state index is -0.305. The van der Waals surface area contributed by atoms with Gasteiger partial charge in [0.15, 0.2) is 5.89 Å². The zero-order valence-electron chi connectivity index (χ0n) is 14.4. The van der Waals surface area contributed by atoms with Crippen molar-refractivity contribution in [1.29, 1.82) is 0 Å². The molecule has 2 fully saturated rings. The maximum Gasteiger partial charge on any atom is 0.289 e. The summed E-state index contributed by atoms with van der Waals surface area (Å²) in [6, 6.07) is -0.258. The Morgan fingerprint density at radius 3 is 2.79 bits per heavy atom. The highest BCUT2D eigenvalue weighted by molar-refractivity contribution is 5.92. The molecule has 2 atom stereocenters. The second kappa shape index (κ2) is 6.93. The van der Waals surface area contributed by atoms with E-state index in [2.05, 4.69) is 10.3 Å². The maximum absolute atomic E-state index is 12.5. The molecule has 0 bridgehead atoms. The third-order valence-corrected chi connectivity index (χ3v) is 4.92. The highest BCUT2D eigenvalue weighted by Gasteiger charge is 2.32. The number of nitrogens with zero attached hydrogens (tertiary/aromatic N) is 2. The Morgan fingerprint density at radius 1 is 1.42 bits per heavy atom. The van der Waals surface area contributed by atoms with E-state index in [0.29, 0.717) is 36.2 Å². The number of aryl methyl sites for hydroxylation is 1. The van der Waals surface area contributed by atoms with Crippen LogP contribution in [0.4, 0.5) is 0 Å². The van der Waals surface area contributed by atoms with Crippen LogP contribution in [0.5, 0.6) is 0 Å². The number of primary amides is 1. The molecular weight excluding hydrogens is 308 g/mol. The first-order valence-electron chi connectivity index (χ1n) is 8.78. The Hall–Kier alpha value is -1.89. The van der Waals surface area contributed by atoms with Crippen molar-refractivity contribution in [1.82, 2.24) is 15.2 Å². The number of likely N-dealkylation sites (tertiary alicyclic amines) is 1. The first-order valence-corrected chi connectivity index (χ1v) is 8.78. The van der Waals surface area contributed by atoms with Crippen molar-refractivity contribution in [2.45, 2.75) is 58.0 Å². The van der Waals surface area contributed by atoms with Crippen LogP contribution in [0, 0.1) is 12.8 Å². The molecule has 1 saturated heterocycles. The molecule has 2 heterocycles. The van der Waals surface area contributed by atoms with Crippen molar-refractivity contribution < 1.29 is 14.0 Å². The predicted octanol–water partition coefficient (Wildman–Crippen LogP) is 1.00. The van der Waals surface area contributed by atoms with Gasteiger partial charge in [-0.2, -0.15) is 0 Å². The van der Waals surface area contributed by atoms with E-state index >= 15 is 0 Å². The van der Waals surface area contributed by atoms with Gasteiger partial charge >= 0.3 is 0 Å². The summed E-state index contributed by atoms with van der Waals surface area (Å²) in [4.78, 5) is 30.3. The predicted molar refractivity (Wildman–Crippen MR) is 88.4 cm³/mol. The number of rotatable bonds is 7. The van der Waals surface area contributed by atoms with E-state index < -0.39 is 0 Å². The lowest BCUT2D eigenvalue weighted by atomic mass is 10.2. The molecule has 0 radical (unpaired) electrons. The van der Waals surface area contributed by atoms with Crippen molar-refractivity contribution in [3.05, 3.63) is 17.3 Å². The van der Waals surface area contributed by atoms with E-state index in [1.165, 1.54) is 12.8 Å². The molecule has 3 N–H and O–H groups in total. The van der Waals surface area contributed by atoms with Crippen LogP contribution in [-0.2, 0) is 11.2 Å². The average Bonchev–Trinajstić information content (AvgIpc) is 3.08. The largest absolute Gasteiger partial charge is 0.435 e. The Bertz CT molecular complexity index is 623. The smallest absolute Gasteiger partial charge is 0.289 e. The SMILES string of the molecule is CCC(C(N)=O)N1CCC(NC(=O)c2oc(CC3CC3)nc2C)C1. The third-order valence-electron chi connectivity index (χ3n) is 4.92. The zero-order valence-corrected chi connectivity index (χ0v) is 14.4. The number of carbonyl (C=O) groups excluding carboxylic acids is 2. The Morgan fingerprint density at radius 2 is 2.17 bits per heavy atom. The fourth-order valence-electron chi connectivity index (χ4n) is 3.40. The molecular formula is C17H26N4O3. The van der Waals surface area contributed by atoms with Crippen molar-refractivity contribution in [2.75, 3.05) is 13.1 Å². The molecule has 1 aromatic heterocycles. The van der Waals surface area contributed by atoms with Gasteiger partial charge < -0.3 is 15.5 Å². The summed E-state index contributed by atoms with van der Waals surface area (Å²) in [7, 11) is 0. The fourth-order valence-corrected chi connectivity index (χ4v) is 3.40. The van der Waals surface area contributed by atoms with E-state index in [1.54, 1.807) is 6.92 Å². The van der Waals surface area contributed by atoms with Crippen molar-refractivity contribution in [2.24, 2.45) is 11.7 Å². The summed E-state index contributed by atoms with van der Waals surface area (Å²) in [5.74, 6) is 1.11. The Balaban J connectivity index is 1.57. The molecule has 2 unspecified atom stereocenters. The average molecular weight is 334 g/mol. The fraction of sp³-hybridized carbons (Fsp3) is 0.706. The van der Waals surface area contributed by atoms with E-state index in [0.717, 1.165) is 19.4 Å². The summed E-state index contributed by atoms with van der Waals surface area (Å²) in [6.07, 6.45) is 4.75. The Labute approximate surface area is 142 Å². The normalized spacial score (nSPS) is 22.5. The van der Waals surface area contributed by atoms with Gasteiger partial charge in [0.25, 0.3) is 5.91 Å². The molecule has 7 nitrogen and oxygen atoms in total. The van der Waals surface area contributed by atoms with Crippen LogP contribution in [0.15, 0.2) is 4.42 Å². The van der Waals surface area contributed by atoms with Crippen LogP contribution >= 0.6 is 0 Å². The molecule has 7 heteroatoms. The highest BCUT2D eigenvalue weighted by Crippen LogP contribution is 2.32. The van der Waals surface area contributed by atoms with Gasteiger partial charge in [0.1, 0.15) is 0 Å². The van der Waals surface area contributed by atoms with Gasteiger partial charge in [-0.25, -0.2) is 4.98 Å². The van der Waals surface area contributed by atoms with Crippen molar-refractivity contribution >= 4 is 11.8 Å². The van der Waals surface area contributed by atoms with Crippen LogP contribution in [0.3, 0.4) is 0 Å². The number of amides is 2. The summed E-state index contributed by atoms with van der Waals surface area (Å²) in [5, 5.41) is 3.00. The number of nitrogens with one attached hydrogen (secondary N) is 1. The second-order valence-electron chi connectivity index (χ2n) is 6.95. The van der Waals surface area contributed by atoms with Gasteiger partial charge in [-0.1, -0.05) is 6.92 Å². The lowest BCUT2D eigenvalue weighted by Crippen LogP contribution is -2.45. The molecule has 2 aliphatic rings. The molecule has 3 rings (SSSR count). The minimum Gasteiger partial charge on any atom is -0.435 e. The molecule has 0 aromatic carbocycles. The number of aromatic nitrogens is 1. The van der Waals surface area contributed by atoms with Gasteiger partial charge in [0.2, 0.25) is 11.7 Å². The number of hydrogen-bond acceptors (Lipinski definition) is 5. The van der Waals surface area contributed by atoms with Crippen molar-refractivity contribution in [3.63, 3.8) is 0 Å². The van der Waals surface area contributed by atoms with Crippen LogP contribution < -0.4 is 11.1 Å². The van der Waals surface area contributed by atoms with Gasteiger partial charge in [-0.15, -0.1) is 0 Å². The zero-order chi connectivity index (χ0) is 17.3. The highest BCUT2D eigenvalue weighted by atomic mass is 16.4. The quantitative estimate of drug-likeness (QED) is 0.775. The van der Waals surface area contributed by atoms with Gasteiger partial charge in [-0.05, 0) is 38.5 Å². The summed E-state index contributed by atoms with van der Waals surface area (Å²) < 4.78 is 5.66. The molecule has 1 aliphatic carbocycles. The van der Waals surface area contributed by atoms with Crippen molar-refractivity contribution in [3.8, 4) is 0 Å². The summed E-state index contributed by atoms with van der Waals surface area (Å²) in [5.41, 5.74) is 6.08. The number of hydrogen-bond donors (Lipinski definition) is 2. The van der Waals surface area contributed by atoms with Gasteiger partial charge in [0, 0.05) is 25.6 Å². The lowest BCUT2D eigenvalue weighted by molar-refractivity contribution is -0.123. The summed E-state index contributed by atoms with van der Waals surface area (Å²) >= 11 is 0. The topological polar surface area (TPSA) is 101 Å². The first-order chi connectivity index (χ1) is 11.5. The molecule has 1 aliphatic heterocycles. The maximum atomic E-state index is 12.5. The van der Waals surface area contributed by atoms with Crippen LogP contribution in [-0.4, -0.2) is 46.9 Å². The molecule has 0 spiro atoms. The molecule has 24 heavy (non-hydrogen) atoms. The van der Waals surface area contributed by atoms with Crippen LogP contribution in [0.25, 0.3) is 0 Å². The van der Waals surface area contributed by atoms with E-state index in [-0.39, 0.29) is 23.9 Å². The minimum absolute atomic E-state index is 0.00211. The molecule has 1 saturated carbocycles. The monoisotopic (exact) mass is 334 g/mol. The Kier molecular flexibility index (Phi) is 4.89. The van der Waals surface area contributed by atoms with Gasteiger partial charge in [-0.3, -0.25) is 14.5 Å². The number of carbonyl (C=O) groups is 2. The molecule has 132 valence electrons. The van der Waals surface area contributed by atoms with E-state index in [4.69, 9.17) is 10.2 Å². The summed E-state index contributed by atoms with van der Waals surface area (Å²) in [6.45, 7) is 5.14. The number of nitrogens with two attached hydrogens (primary N) is 1. The molecule has 1 aromatic rings. The standard InChI is InChI=1S/C17H26N4O3/c1-3-13(16(18)22)21-7-6-12(9-21)20-17(23)15-10(2)19-14(24-15)8-11-4-5-11/h11-13H,3-9H2,1-2H3,(H2,18,22)(H,20,23). The van der Waals surface area contributed by atoms with Crippen LogP contribution in [0.2, 0.25) is 0 Å². The first kappa shape index (κ1) is 17.0. The van der Waals surface area contributed by atoms with Crippen LogP contribution in [0.1, 0.15) is 54.7 Å². The van der Waals surface area contributed by atoms with E-state index in [9.17, 15) is 9.59 Å².